The first-order valence-electron chi connectivity index (χ1n) is 7.82. The first-order valence-corrected chi connectivity index (χ1v) is 8.97. The minimum absolute atomic E-state index is 0.0617. The number of thioether (sulfide) groups is 1. The number of morpholine rings is 1. The molecule has 3 aliphatic rings. The van der Waals surface area contributed by atoms with E-state index in [9.17, 15) is 9.59 Å². The van der Waals surface area contributed by atoms with Gasteiger partial charge in [-0.15, -0.1) is 0 Å². The Kier molecular flexibility index (Phi) is 4.00. The Morgan fingerprint density at radius 3 is 2.87 bits per heavy atom. The first-order chi connectivity index (χ1) is 11.3. The molecule has 1 aromatic rings. The normalized spacial score (nSPS) is 22.4. The molecule has 0 radical (unpaired) electrons. The molecule has 23 heavy (non-hydrogen) atoms. The fourth-order valence-corrected chi connectivity index (χ4v) is 3.95. The van der Waals surface area contributed by atoms with Crippen LogP contribution in [0.2, 0.25) is 0 Å². The van der Waals surface area contributed by atoms with Crippen LogP contribution in [0.15, 0.2) is 0 Å². The lowest BCUT2D eigenvalue weighted by atomic mass is 10.3. The van der Waals surface area contributed by atoms with Gasteiger partial charge in [0.05, 0.1) is 25.4 Å². The molecule has 4 rings (SSSR count). The highest BCUT2D eigenvalue weighted by Gasteiger charge is 2.34. The fraction of sp³-hybridized carbons (Fsp3) is 0.643. The van der Waals surface area contributed by atoms with Crippen LogP contribution in [0.25, 0.3) is 0 Å². The van der Waals surface area contributed by atoms with Gasteiger partial charge in [-0.05, 0) is 0 Å². The van der Waals surface area contributed by atoms with Crippen molar-refractivity contribution in [2.24, 2.45) is 0 Å². The second-order valence-electron chi connectivity index (χ2n) is 5.70. The van der Waals surface area contributed by atoms with E-state index in [1.54, 1.807) is 21.6 Å². The lowest BCUT2D eigenvalue weighted by molar-refractivity contribution is -0.125. The number of nitrogens with zero attached hydrogens (tertiary/aromatic N) is 4. The molecule has 2 saturated heterocycles. The van der Waals surface area contributed by atoms with Crippen molar-refractivity contribution < 1.29 is 14.3 Å². The largest absolute Gasteiger partial charge is 0.370 e. The van der Waals surface area contributed by atoms with E-state index in [4.69, 9.17) is 9.72 Å². The number of imidazole rings is 1. The van der Waals surface area contributed by atoms with E-state index in [1.807, 2.05) is 0 Å². The summed E-state index contributed by atoms with van der Waals surface area (Å²) in [6.45, 7) is 3.97. The SMILES string of the molecule is O=C1CSCCN1c1nc2n(c1N1CCOCC1=O)CCNC2. The predicted octanol–water partition coefficient (Wildman–Crippen LogP) is -0.571. The van der Waals surface area contributed by atoms with Crippen LogP contribution in [-0.2, 0) is 27.4 Å². The number of fused-ring (bicyclic) bond motifs is 1. The quantitative estimate of drug-likeness (QED) is 0.779. The van der Waals surface area contributed by atoms with Crippen molar-refractivity contribution in [3.05, 3.63) is 5.82 Å². The van der Waals surface area contributed by atoms with Crippen LogP contribution in [0, 0.1) is 0 Å². The lowest BCUT2D eigenvalue weighted by Gasteiger charge is -2.32. The summed E-state index contributed by atoms with van der Waals surface area (Å²) in [7, 11) is 0. The van der Waals surface area contributed by atoms with Gasteiger partial charge in [-0.3, -0.25) is 19.4 Å². The average molecular weight is 337 g/mol. The monoisotopic (exact) mass is 337 g/mol. The molecule has 1 aromatic heterocycles. The minimum atomic E-state index is -0.0717. The smallest absolute Gasteiger partial charge is 0.254 e. The van der Waals surface area contributed by atoms with E-state index in [0.717, 1.165) is 30.5 Å². The van der Waals surface area contributed by atoms with E-state index in [2.05, 4.69) is 9.88 Å². The van der Waals surface area contributed by atoms with Crippen LogP contribution in [-0.4, -0.2) is 65.7 Å². The summed E-state index contributed by atoms with van der Waals surface area (Å²) in [4.78, 5) is 32.8. The Morgan fingerprint density at radius 2 is 2.04 bits per heavy atom. The topological polar surface area (TPSA) is 79.7 Å². The number of carbonyl (C=O) groups is 2. The van der Waals surface area contributed by atoms with Crippen LogP contribution >= 0.6 is 11.8 Å². The second-order valence-corrected chi connectivity index (χ2v) is 6.80. The highest BCUT2D eigenvalue weighted by molar-refractivity contribution is 8.00. The maximum atomic E-state index is 12.3. The van der Waals surface area contributed by atoms with Gasteiger partial charge in [0.1, 0.15) is 12.4 Å². The van der Waals surface area contributed by atoms with Gasteiger partial charge in [-0.25, -0.2) is 4.98 Å². The number of amides is 2. The maximum Gasteiger partial charge on any atom is 0.254 e. The predicted molar refractivity (Wildman–Crippen MR) is 86.8 cm³/mol. The number of anilines is 2. The summed E-state index contributed by atoms with van der Waals surface area (Å²) >= 11 is 1.64. The minimum Gasteiger partial charge on any atom is -0.370 e. The molecule has 0 aliphatic carbocycles. The first kappa shape index (κ1) is 15.0. The number of hydrogen-bond donors (Lipinski definition) is 1. The number of hydrogen-bond acceptors (Lipinski definition) is 6. The zero-order valence-corrected chi connectivity index (χ0v) is 13.6. The molecule has 0 spiro atoms. The van der Waals surface area contributed by atoms with Gasteiger partial charge >= 0.3 is 0 Å². The van der Waals surface area contributed by atoms with Crippen molar-refractivity contribution in [2.75, 3.05) is 54.2 Å². The van der Waals surface area contributed by atoms with Gasteiger partial charge in [-0.1, -0.05) is 0 Å². The molecule has 3 aliphatic heterocycles. The van der Waals surface area contributed by atoms with Crippen LogP contribution in [0.3, 0.4) is 0 Å². The van der Waals surface area contributed by atoms with E-state index in [-0.39, 0.29) is 18.4 Å². The summed E-state index contributed by atoms with van der Waals surface area (Å²) in [5.74, 6) is 3.62. The molecule has 9 heteroatoms. The fourth-order valence-electron chi connectivity index (χ4n) is 3.17. The van der Waals surface area contributed by atoms with Crippen molar-refractivity contribution in [1.29, 1.82) is 0 Å². The lowest BCUT2D eigenvalue weighted by Crippen LogP contribution is -2.45. The third-order valence-electron chi connectivity index (χ3n) is 4.28. The Hall–Kier alpha value is -1.58. The molecule has 0 bridgehead atoms. The van der Waals surface area contributed by atoms with Crippen molar-refractivity contribution in [3.63, 3.8) is 0 Å². The third kappa shape index (κ3) is 2.62. The van der Waals surface area contributed by atoms with Gasteiger partial charge in [0.2, 0.25) is 5.91 Å². The van der Waals surface area contributed by atoms with Gasteiger partial charge in [0, 0.05) is 25.4 Å². The maximum absolute atomic E-state index is 12.3. The Morgan fingerprint density at radius 1 is 1.13 bits per heavy atom. The number of carbonyl (C=O) groups excluding carboxylic acids is 2. The Bertz CT molecular complexity index is 647. The third-order valence-corrected chi connectivity index (χ3v) is 5.20. The van der Waals surface area contributed by atoms with Crippen LogP contribution in [0.4, 0.5) is 11.6 Å². The van der Waals surface area contributed by atoms with Gasteiger partial charge < -0.3 is 14.6 Å². The summed E-state index contributed by atoms with van der Waals surface area (Å²) in [6, 6.07) is 0. The Balaban J connectivity index is 1.79. The average Bonchev–Trinajstić information content (AvgIpc) is 2.95. The number of nitrogens with one attached hydrogen (secondary N) is 1. The zero-order valence-electron chi connectivity index (χ0n) is 12.8. The van der Waals surface area contributed by atoms with Crippen LogP contribution < -0.4 is 15.1 Å². The number of ether oxygens (including phenoxy) is 1. The molecule has 4 heterocycles. The van der Waals surface area contributed by atoms with Gasteiger partial charge in [0.15, 0.2) is 11.6 Å². The molecule has 0 unspecified atom stereocenters. The summed E-state index contributed by atoms with van der Waals surface area (Å²) in [6.07, 6.45) is 0. The molecular weight excluding hydrogens is 318 g/mol. The molecule has 1 N–H and O–H groups in total. The van der Waals surface area contributed by atoms with Gasteiger partial charge in [-0.2, -0.15) is 11.8 Å². The van der Waals surface area contributed by atoms with E-state index < -0.39 is 0 Å². The molecule has 0 atom stereocenters. The van der Waals surface area contributed by atoms with E-state index >= 15 is 0 Å². The highest BCUT2D eigenvalue weighted by atomic mass is 32.2. The van der Waals surface area contributed by atoms with Crippen LogP contribution in [0.1, 0.15) is 5.82 Å². The van der Waals surface area contributed by atoms with Crippen LogP contribution in [0.5, 0.6) is 0 Å². The molecule has 2 fully saturated rings. The summed E-state index contributed by atoms with van der Waals surface area (Å²) in [5, 5.41) is 3.29. The molecule has 2 amide bonds. The molecule has 0 aromatic carbocycles. The van der Waals surface area contributed by atoms with Gasteiger partial charge in [0.25, 0.3) is 5.91 Å². The molecule has 124 valence electrons. The second kappa shape index (κ2) is 6.14. The standard InChI is InChI=1S/C14H19N5O3S/c20-11-8-22-5-3-19(11)14-13(18-4-6-23-9-12(18)21)16-10-7-15-1-2-17(10)14/h15H,1-9H2. The zero-order chi connectivity index (χ0) is 15.8. The molecule has 0 saturated carbocycles. The highest BCUT2D eigenvalue weighted by Crippen LogP contribution is 2.34. The van der Waals surface area contributed by atoms with Crippen molar-refractivity contribution in [2.45, 2.75) is 13.1 Å². The van der Waals surface area contributed by atoms with Crippen molar-refractivity contribution in [1.82, 2.24) is 14.9 Å². The number of rotatable bonds is 2. The van der Waals surface area contributed by atoms with E-state index in [1.165, 1.54) is 0 Å². The number of aromatic nitrogens is 2. The van der Waals surface area contributed by atoms with E-state index in [0.29, 0.717) is 37.8 Å². The summed E-state index contributed by atoms with van der Waals surface area (Å²) < 4.78 is 7.32. The molecule has 8 nitrogen and oxygen atoms in total. The summed E-state index contributed by atoms with van der Waals surface area (Å²) in [5.41, 5.74) is 0. The van der Waals surface area contributed by atoms with Crippen molar-refractivity contribution >= 4 is 35.2 Å². The molecular formula is C14H19N5O3S. The van der Waals surface area contributed by atoms with Crippen molar-refractivity contribution in [3.8, 4) is 0 Å². The Labute approximate surface area is 138 Å².